The van der Waals surface area contributed by atoms with E-state index < -0.39 is 32.4 Å². The summed E-state index contributed by atoms with van der Waals surface area (Å²) in [7, 11) is -3.67. The van der Waals surface area contributed by atoms with Gasteiger partial charge in [0.05, 0.1) is 29.2 Å². The molecule has 1 fully saturated rings. The van der Waals surface area contributed by atoms with E-state index in [1.54, 1.807) is 6.92 Å². The number of rotatable bonds is 4. The smallest absolute Gasteiger partial charge is 0.342 e. The van der Waals surface area contributed by atoms with Crippen LogP contribution in [0.4, 0.5) is 4.39 Å². The zero-order valence-electron chi connectivity index (χ0n) is 10.6. The summed E-state index contributed by atoms with van der Waals surface area (Å²) in [6.45, 7) is 1.84. The lowest BCUT2D eigenvalue weighted by molar-refractivity contribution is 0.0416. The second-order valence-electron chi connectivity index (χ2n) is 4.16. The molecule has 0 aromatic heterocycles. The minimum absolute atomic E-state index is 0.0676. The number of sulfone groups is 1. The van der Waals surface area contributed by atoms with Crippen molar-refractivity contribution in [3.8, 4) is 0 Å². The van der Waals surface area contributed by atoms with E-state index in [-0.39, 0.29) is 29.2 Å². The Labute approximate surface area is 124 Å². The average molecular weight is 367 g/mol. The summed E-state index contributed by atoms with van der Waals surface area (Å²) < 4.78 is 47.8. The van der Waals surface area contributed by atoms with Crippen LogP contribution in [-0.4, -0.2) is 39.5 Å². The Balaban J connectivity index is 2.51. The summed E-state index contributed by atoms with van der Waals surface area (Å²) in [5.41, 5.74) is -0.409. The van der Waals surface area contributed by atoms with Gasteiger partial charge in [-0.05, 0) is 35.0 Å². The van der Waals surface area contributed by atoms with Crippen LogP contribution >= 0.6 is 15.9 Å². The van der Waals surface area contributed by atoms with Crippen molar-refractivity contribution in [1.82, 2.24) is 0 Å². The first-order chi connectivity index (χ1) is 9.39. The first kappa shape index (κ1) is 15.4. The molecular weight excluding hydrogens is 355 g/mol. The third-order valence-corrected chi connectivity index (χ3v) is 6.08. The number of hydrogen-bond acceptors (Lipinski definition) is 5. The molecule has 110 valence electrons. The molecule has 1 aliphatic rings. The zero-order valence-corrected chi connectivity index (χ0v) is 13.0. The van der Waals surface area contributed by atoms with E-state index in [0.717, 1.165) is 12.1 Å². The van der Waals surface area contributed by atoms with Crippen LogP contribution in [0.3, 0.4) is 0 Å². The van der Waals surface area contributed by atoms with Gasteiger partial charge in [-0.3, -0.25) is 0 Å². The minimum atomic E-state index is -3.67. The fourth-order valence-corrected chi connectivity index (χ4v) is 4.40. The second-order valence-corrected chi connectivity index (χ2v) is 7.15. The second kappa shape index (κ2) is 5.79. The number of hydrogen-bond donors (Lipinski definition) is 0. The zero-order chi connectivity index (χ0) is 14.9. The van der Waals surface area contributed by atoms with Crippen molar-refractivity contribution in [3.05, 3.63) is 28.0 Å². The Morgan fingerprint density at radius 3 is 2.65 bits per heavy atom. The Morgan fingerprint density at radius 1 is 1.50 bits per heavy atom. The minimum Gasteiger partial charge on any atom is -0.462 e. The molecule has 0 saturated carbocycles. The predicted octanol–water partition coefficient (Wildman–Crippen LogP) is 1.94. The van der Waals surface area contributed by atoms with Crippen molar-refractivity contribution in [2.45, 2.75) is 17.1 Å². The van der Waals surface area contributed by atoms with Gasteiger partial charge in [-0.1, -0.05) is 0 Å². The summed E-state index contributed by atoms with van der Waals surface area (Å²) in [5.74, 6) is -1.74. The van der Waals surface area contributed by atoms with Crippen molar-refractivity contribution in [2.75, 3.05) is 19.8 Å². The molecule has 0 radical (unpaired) electrons. The van der Waals surface area contributed by atoms with Crippen LogP contribution in [0.5, 0.6) is 0 Å². The van der Waals surface area contributed by atoms with Crippen LogP contribution in [0.15, 0.2) is 21.5 Å². The van der Waals surface area contributed by atoms with Gasteiger partial charge in [0, 0.05) is 0 Å². The highest BCUT2D eigenvalue weighted by atomic mass is 79.9. The van der Waals surface area contributed by atoms with Gasteiger partial charge in [0.2, 0.25) is 0 Å². The lowest BCUT2D eigenvalue weighted by Crippen LogP contribution is -2.40. The van der Waals surface area contributed by atoms with E-state index in [2.05, 4.69) is 15.9 Å². The standard InChI is InChI=1S/C12H12BrFO5S/c1-2-19-12(15)10-8(14)3-4-9(11(10)13)20(16,17)7-5-18-6-7/h3-4,7H,2,5-6H2,1H3. The molecule has 8 heteroatoms. The Morgan fingerprint density at radius 2 is 2.15 bits per heavy atom. The number of ether oxygens (including phenoxy) is 2. The molecule has 1 heterocycles. The number of benzene rings is 1. The highest BCUT2D eigenvalue weighted by Gasteiger charge is 2.36. The fourth-order valence-electron chi connectivity index (χ4n) is 1.72. The predicted molar refractivity (Wildman–Crippen MR) is 71.8 cm³/mol. The molecule has 0 N–H and O–H groups in total. The van der Waals surface area contributed by atoms with E-state index in [9.17, 15) is 17.6 Å². The maximum absolute atomic E-state index is 13.7. The van der Waals surface area contributed by atoms with Crippen molar-refractivity contribution in [3.63, 3.8) is 0 Å². The maximum Gasteiger partial charge on any atom is 0.342 e. The van der Waals surface area contributed by atoms with E-state index in [1.807, 2.05) is 0 Å². The van der Waals surface area contributed by atoms with Gasteiger partial charge in [-0.2, -0.15) is 0 Å². The molecule has 0 aliphatic carbocycles. The van der Waals surface area contributed by atoms with E-state index >= 15 is 0 Å². The van der Waals surface area contributed by atoms with Crippen molar-refractivity contribution in [1.29, 1.82) is 0 Å². The molecule has 1 aromatic rings. The molecule has 2 rings (SSSR count). The van der Waals surface area contributed by atoms with Gasteiger partial charge in [-0.15, -0.1) is 0 Å². The molecule has 1 saturated heterocycles. The van der Waals surface area contributed by atoms with Crippen LogP contribution in [0.2, 0.25) is 0 Å². The molecule has 0 amide bonds. The number of esters is 1. The van der Waals surface area contributed by atoms with E-state index in [0.29, 0.717) is 0 Å². The number of carbonyl (C=O) groups excluding carboxylic acids is 1. The van der Waals surface area contributed by atoms with Gasteiger partial charge < -0.3 is 9.47 Å². The highest BCUT2D eigenvalue weighted by molar-refractivity contribution is 9.10. The lowest BCUT2D eigenvalue weighted by atomic mass is 10.2. The number of carbonyl (C=O) groups is 1. The normalized spacial score (nSPS) is 15.8. The molecule has 1 aromatic carbocycles. The molecule has 0 unspecified atom stereocenters. The first-order valence-electron chi connectivity index (χ1n) is 5.86. The van der Waals surface area contributed by atoms with Crippen LogP contribution in [0.25, 0.3) is 0 Å². The highest BCUT2D eigenvalue weighted by Crippen LogP contribution is 2.32. The molecule has 5 nitrogen and oxygen atoms in total. The molecule has 0 bridgehead atoms. The van der Waals surface area contributed by atoms with Crippen LogP contribution < -0.4 is 0 Å². The molecule has 0 spiro atoms. The molecular formula is C12H12BrFO5S. The summed E-state index contributed by atoms with van der Waals surface area (Å²) in [6, 6.07) is 2.08. The summed E-state index contributed by atoms with van der Waals surface area (Å²) in [6.07, 6.45) is 0. The average Bonchev–Trinajstić information content (AvgIpc) is 2.25. The van der Waals surface area contributed by atoms with Crippen molar-refractivity contribution < 1.29 is 27.1 Å². The van der Waals surface area contributed by atoms with Crippen molar-refractivity contribution >= 4 is 31.7 Å². The monoisotopic (exact) mass is 366 g/mol. The van der Waals surface area contributed by atoms with Gasteiger partial charge in [0.15, 0.2) is 9.84 Å². The van der Waals surface area contributed by atoms with E-state index in [1.165, 1.54) is 0 Å². The van der Waals surface area contributed by atoms with Gasteiger partial charge in [0.25, 0.3) is 0 Å². The molecule has 20 heavy (non-hydrogen) atoms. The third kappa shape index (κ3) is 2.59. The first-order valence-corrected chi connectivity index (χ1v) is 8.20. The van der Waals surface area contributed by atoms with E-state index in [4.69, 9.17) is 9.47 Å². The molecule has 0 atom stereocenters. The number of halogens is 2. The Hall–Kier alpha value is -0.990. The largest absolute Gasteiger partial charge is 0.462 e. The maximum atomic E-state index is 13.7. The van der Waals surface area contributed by atoms with Gasteiger partial charge in [-0.25, -0.2) is 17.6 Å². The Bertz CT molecular complexity index is 639. The van der Waals surface area contributed by atoms with Crippen LogP contribution in [0, 0.1) is 5.82 Å². The summed E-state index contributed by atoms with van der Waals surface area (Å²) >= 11 is 3.00. The van der Waals surface area contributed by atoms with Crippen molar-refractivity contribution in [2.24, 2.45) is 0 Å². The van der Waals surface area contributed by atoms with Crippen LogP contribution in [0.1, 0.15) is 17.3 Å². The van der Waals surface area contributed by atoms with Crippen LogP contribution in [-0.2, 0) is 19.3 Å². The summed E-state index contributed by atoms with van der Waals surface area (Å²) in [4.78, 5) is 11.6. The lowest BCUT2D eigenvalue weighted by Gasteiger charge is -2.26. The quantitative estimate of drug-likeness (QED) is 0.601. The SMILES string of the molecule is CCOC(=O)c1c(F)ccc(S(=O)(=O)C2COC2)c1Br. The van der Waals surface area contributed by atoms with Gasteiger partial charge >= 0.3 is 5.97 Å². The van der Waals surface area contributed by atoms with Gasteiger partial charge in [0.1, 0.15) is 16.6 Å². The summed E-state index contributed by atoms with van der Waals surface area (Å²) in [5, 5.41) is -0.667. The Kier molecular flexibility index (Phi) is 4.46. The topological polar surface area (TPSA) is 69.7 Å². The third-order valence-electron chi connectivity index (χ3n) is 2.89. The fraction of sp³-hybridized carbons (Fsp3) is 0.417. The molecule has 1 aliphatic heterocycles.